The molecule has 0 aliphatic carbocycles. The molecule has 1 aromatic heterocycles. The summed E-state index contributed by atoms with van der Waals surface area (Å²) in [5, 5.41) is 2.09. The molecular weight excluding hydrogens is 346 g/mol. The minimum absolute atomic E-state index is 0.0301. The molecular formula is C21H27NO3S. The zero-order valence-electron chi connectivity index (χ0n) is 15.7. The highest BCUT2D eigenvalue weighted by Gasteiger charge is 2.37. The lowest BCUT2D eigenvalue weighted by atomic mass is 9.89. The monoisotopic (exact) mass is 373 g/mol. The van der Waals surface area contributed by atoms with Crippen molar-refractivity contribution in [2.45, 2.75) is 44.8 Å². The summed E-state index contributed by atoms with van der Waals surface area (Å²) in [5.74, 6) is 0.185. The van der Waals surface area contributed by atoms with Gasteiger partial charge in [-0.1, -0.05) is 36.4 Å². The van der Waals surface area contributed by atoms with Crippen LogP contribution in [0.2, 0.25) is 0 Å². The second-order valence-electron chi connectivity index (χ2n) is 7.63. The Labute approximate surface area is 159 Å². The highest BCUT2D eigenvalue weighted by Crippen LogP contribution is 2.33. The number of amides is 1. The molecule has 0 N–H and O–H groups in total. The van der Waals surface area contributed by atoms with Gasteiger partial charge >= 0.3 is 6.09 Å². The highest BCUT2D eigenvalue weighted by molar-refractivity contribution is 7.10. The van der Waals surface area contributed by atoms with Gasteiger partial charge in [-0.25, -0.2) is 4.79 Å². The Hall–Kier alpha value is -1.85. The molecule has 1 aliphatic rings. The summed E-state index contributed by atoms with van der Waals surface area (Å²) >= 11 is 1.74. The van der Waals surface area contributed by atoms with Crippen molar-refractivity contribution < 1.29 is 14.3 Å². The molecule has 2 unspecified atom stereocenters. The lowest BCUT2D eigenvalue weighted by molar-refractivity contribution is -0.0383. The fourth-order valence-corrected chi connectivity index (χ4v) is 4.19. The van der Waals surface area contributed by atoms with Crippen LogP contribution >= 0.6 is 11.3 Å². The van der Waals surface area contributed by atoms with Crippen molar-refractivity contribution in [3.63, 3.8) is 0 Å². The zero-order chi connectivity index (χ0) is 18.6. The predicted molar refractivity (Wildman–Crippen MR) is 105 cm³/mol. The molecule has 1 aliphatic heterocycles. The molecule has 3 rings (SSSR count). The van der Waals surface area contributed by atoms with Crippen LogP contribution in [-0.4, -0.2) is 42.4 Å². The quantitative estimate of drug-likeness (QED) is 0.779. The molecule has 1 saturated heterocycles. The fraction of sp³-hybridized carbons (Fsp3) is 0.476. The molecule has 2 atom stereocenters. The van der Waals surface area contributed by atoms with E-state index < -0.39 is 5.60 Å². The second-order valence-corrected chi connectivity index (χ2v) is 8.61. The van der Waals surface area contributed by atoms with Gasteiger partial charge in [-0.15, -0.1) is 11.3 Å². The van der Waals surface area contributed by atoms with Crippen molar-refractivity contribution in [2.24, 2.45) is 0 Å². The van der Waals surface area contributed by atoms with E-state index >= 15 is 0 Å². The van der Waals surface area contributed by atoms with Gasteiger partial charge < -0.3 is 9.47 Å². The normalized spacial score (nSPS) is 19.2. The lowest BCUT2D eigenvalue weighted by Gasteiger charge is -2.40. The minimum Gasteiger partial charge on any atom is -0.444 e. The van der Waals surface area contributed by atoms with Crippen molar-refractivity contribution in [1.82, 2.24) is 4.90 Å². The molecule has 1 aromatic carbocycles. The summed E-state index contributed by atoms with van der Waals surface area (Å²) in [6.45, 7) is 7.37. The number of benzene rings is 1. The SMILES string of the molecule is CC(C)(C)OC(=O)N1CCOCC1C(Cc1ccccc1)c1cccs1. The number of carbonyl (C=O) groups is 1. The van der Waals surface area contributed by atoms with E-state index in [2.05, 4.69) is 41.8 Å². The van der Waals surface area contributed by atoms with Crippen molar-refractivity contribution in [2.75, 3.05) is 19.8 Å². The first-order valence-electron chi connectivity index (χ1n) is 9.09. The summed E-state index contributed by atoms with van der Waals surface area (Å²) in [7, 11) is 0. The first kappa shape index (κ1) is 18.9. The molecule has 1 amide bonds. The van der Waals surface area contributed by atoms with Crippen LogP contribution in [0.3, 0.4) is 0 Å². The van der Waals surface area contributed by atoms with E-state index in [0.717, 1.165) is 6.42 Å². The van der Waals surface area contributed by atoms with Gasteiger partial charge in [0, 0.05) is 17.3 Å². The molecule has 4 nitrogen and oxygen atoms in total. The maximum Gasteiger partial charge on any atom is 0.410 e. The number of thiophene rings is 1. The highest BCUT2D eigenvalue weighted by atomic mass is 32.1. The summed E-state index contributed by atoms with van der Waals surface area (Å²) in [6.07, 6.45) is 0.620. The third-order valence-electron chi connectivity index (χ3n) is 4.47. The van der Waals surface area contributed by atoms with Gasteiger partial charge in [0.1, 0.15) is 5.60 Å². The molecule has 140 valence electrons. The van der Waals surface area contributed by atoms with Crippen LogP contribution in [0.4, 0.5) is 4.79 Å². The predicted octanol–water partition coefficient (Wildman–Crippen LogP) is 4.71. The largest absolute Gasteiger partial charge is 0.444 e. The smallest absolute Gasteiger partial charge is 0.410 e. The van der Waals surface area contributed by atoms with E-state index in [1.165, 1.54) is 10.4 Å². The van der Waals surface area contributed by atoms with Crippen LogP contribution in [0.1, 0.15) is 37.1 Å². The van der Waals surface area contributed by atoms with Crippen molar-refractivity contribution in [3.8, 4) is 0 Å². The van der Waals surface area contributed by atoms with Crippen LogP contribution in [-0.2, 0) is 15.9 Å². The molecule has 0 bridgehead atoms. The van der Waals surface area contributed by atoms with Crippen LogP contribution < -0.4 is 0 Å². The molecule has 1 fully saturated rings. The number of hydrogen-bond acceptors (Lipinski definition) is 4. The Kier molecular flexibility index (Phi) is 5.99. The minimum atomic E-state index is -0.502. The average molecular weight is 374 g/mol. The lowest BCUT2D eigenvalue weighted by Crippen LogP contribution is -2.53. The van der Waals surface area contributed by atoms with E-state index in [9.17, 15) is 4.79 Å². The number of rotatable bonds is 4. The van der Waals surface area contributed by atoms with Gasteiger partial charge in [-0.05, 0) is 44.2 Å². The standard InChI is InChI=1S/C21H27NO3S/c1-21(2,3)25-20(23)22-11-12-24-15-18(22)17(19-10-7-13-26-19)14-16-8-5-4-6-9-16/h4-10,13,17-18H,11-12,14-15H2,1-3H3. The Morgan fingerprint density at radius 3 is 2.69 bits per heavy atom. The Morgan fingerprint density at radius 2 is 2.04 bits per heavy atom. The number of hydrogen-bond donors (Lipinski definition) is 0. The summed E-state index contributed by atoms with van der Waals surface area (Å²) in [4.78, 5) is 15.9. The number of morpholine rings is 1. The van der Waals surface area contributed by atoms with Crippen molar-refractivity contribution >= 4 is 17.4 Å². The molecule has 2 heterocycles. The van der Waals surface area contributed by atoms with Crippen molar-refractivity contribution in [1.29, 1.82) is 0 Å². The number of carbonyl (C=O) groups excluding carboxylic acids is 1. The summed E-state index contributed by atoms with van der Waals surface area (Å²) in [5.41, 5.74) is 0.762. The van der Waals surface area contributed by atoms with E-state index in [4.69, 9.17) is 9.47 Å². The third kappa shape index (κ3) is 4.86. The molecule has 0 saturated carbocycles. The Morgan fingerprint density at radius 1 is 1.27 bits per heavy atom. The second kappa shape index (κ2) is 8.23. The first-order valence-corrected chi connectivity index (χ1v) is 9.97. The number of nitrogens with zero attached hydrogens (tertiary/aromatic N) is 1. The summed E-state index contributed by atoms with van der Waals surface area (Å²) < 4.78 is 11.4. The third-order valence-corrected chi connectivity index (χ3v) is 5.47. The van der Waals surface area contributed by atoms with E-state index in [1.807, 2.05) is 31.7 Å². The van der Waals surface area contributed by atoms with Gasteiger partial charge in [0.15, 0.2) is 0 Å². The summed E-state index contributed by atoms with van der Waals surface area (Å²) in [6, 6.07) is 14.6. The van der Waals surface area contributed by atoms with Gasteiger partial charge in [0.2, 0.25) is 0 Å². The van der Waals surface area contributed by atoms with E-state index in [1.54, 1.807) is 11.3 Å². The van der Waals surface area contributed by atoms with Crippen LogP contribution in [0.25, 0.3) is 0 Å². The van der Waals surface area contributed by atoms with Gasteiger partial charge in [-0.2, -0.15) is 0 Å². The maximum atomic E-state index is 12.8. The fourth-order valence-electron chi connectivity index (χ4n) is 3.30. The number of ether oxygens (including phenoxy) is 2. The molecule has 2 aromatic rings. The topological polar surface area (TPSA) is 38.8 Å². The first-order chi connectivity index (χ1) is 12.4. The average Bonchev–Trinajstić information content (AvgIpc) is 3.13. The Bertz CT molecular complexity index is 694. The van der Waals surface area contributed by atoms with Gasteiger partial charge in [-0.3, -0.25) is 4.90 Å². The van der Waals surface area contributed by atoms with E-state index in [0.29, 0.717) is 19.8 Å². The maximum absolute atomic E-state index is 12.8. The van der Waals surface area contributed by atoms with Gasteiger partial charge in [0.25, 0.3) is 0 Å². The van der Waals surface area contributed by atoms with Crippen LogP contribution in [0.15, 0.2) is 47.8 Å². The van der Waals surface area contributed by atoms with Crippen molar-refractivity contribution in [3.05, 3.63) is 58.3 Å². The van der Waals surface area contributed by atoms with E-state index in [-0.39, 0.29) is 18.1 Å². The molecule has 0 spiro atoms. The molecule has 26 heavy (non-hydrogen) atoms. The van der Waals surface area contributed by atoms with Crippen LogP contribution in [0, 0.1) is 0 Å². The van der Waals surface area contributed by atoms with Crippen LogP contribution in [0.5, 0.6) is 0 Å². The molecule has 5 heteroatoms. The molecule has 0 radical (unpaired) electrons. The zero-order valence-corrected chi connectivity index (χ0v) is 16.5. The van der Waals surface area contributed by atoms with Gasteiger partial charge in [0.05, 0.1) is 19.3 Å². The Balaban J connectivity index is 1.86.